The smallest absolute Gasteiger partial charge is 0.336 e. The fourth-order valence-electron chi connectivity index (χ4n) is 3.09. The van der Waals surface area contributed by atoms with Gasteiger partial charge in [0, 0.05) is 11.1 Å². The van der Waals surface area contributed by atoms with Crippen molar-refractivity contribution < 1.29 is 30.0 Å². The average Bonchev–Trinajstić information content (AvgIpc) is 2.97. The summed E-state index contributed by atoms with van der Waals surface area (Å²) < 4.78 is 1.06. The number of fused-ring (bicyclic) bond motifs is 1. The molecule has 0 saturated heterocycles. The maximum Gasteiger partial charge on any atom is 0.336 e. The van der Waals surface area contributed by atoms with Crippen LogP contribution in [0.25, 0.3) is 10.1 Å². The normalized spacial score (nSPS) is 31.4. The van der Waals surface area contributed by atoms with E-state index in [-0.39, 0.29) is 6.42 Å². The third kappa shape index (κ3) is 2.66. The van der Waals surface area contributed by atoms with Gasteiger partial charge < -0.3 is 20.4 Å². The molecule has 3 rings (SSSR count). The number of hydrogen-bond donors (Lipinski definition) is 4. The van der Waals surface area contributed by atoms with Crippen LogP contribution in [0, 0.1) is 5.92 Å². The van der Waals surface area contributed by atoms with Gasteiger partial charge in [-0.3, -0.25) is 4.79 Å². The van der Waals surface area contributed by atoms with Gasteiger partial charge in [0.25, 0.3) is 0 Å². The lowest BCUT2D eigenvalue weighted by Gasteiger charge is -2.39. The summed E-state index contributed by atoms with van der Waals surface area (Å²) in [5, 5.41) is 42.0. The molecule has 2 aromatic rings. The number of thiophene rings is 1. The molecule has 0 bridgehead atoms. The number of Topliss-reactive ketones (excluding diaryl/α,β-unsaturated/α-hetero) is 1. The molecule has 1 aliphatic carbocycles. The van der Waals surface area contributed by atoms with Gasteiger partial charge in [0.1, 0.15) is 6.10 Å². The summed E-state index contributed by atoms with van der Waals surface area (Å²) in [4.78, 5) is 23.7. The van der Waals surface area contributed by atoms with Crippen molar-refractivity contribution in [1.82, 2.24) is 0 Å². The molecule has 0 amide bonds. The van der Waals surface area contributed by atoms with Gasteiger partial charge in [0.05, 0.1) is 12.0 Å². The highest BCUT2D eigenvalue weighted by Crippen LogP contribution is 2.35. The molecule has 4 N–H and O–H groups in total. The van der Waals surface area contributed by atoms with Gasteiger partial charge in [-0.05, 0) is 34.9 Å². The summed E-state index contributed by atoms with van der Waals surface area (Å²) in [5.41, 5.74) is -1.70. The van der Waals surface area contributed by atoms with Crippen LogP contribution in [-0.2, 0) is 16.0 Å². The van der Waals surface area contributed by atoms with Gasteiger partial charge in [-0.15, -0.1) is 11.3 Å². The molecule has 1 aromatic carbocycles. The highest BCUT2D eigenvalue weighted by atomic mass is 32.1. The first kappa shape index (κ1) is 16.1. The Kier molecular flexibility index (Phi) is 3.97. The lowest BCUT2D eigenvalue weighted by atomic mass is 9.69. The largest absolute Gasteiger partial charge is 0.479 e. The SMILES string of the molecule is O=C1[C@@H](O)[C@H](O)C[C@](O)(C(=O)O)[C@H]1Cc1ccc2sccc2c1. The first-order valence-electron chi connectivity index (χ1n) is 7.14. The van der Waals surface area contributed by atoms with Gasteiger partial charge in [-0.2, -0.15) is 0 Å². The van der Waals surface area contributed by atoms with E-state index < -0.39 is 41.9 Å². The zero-order valence-electron chi connectivity index (χ0n) is 12.0. The minimum absolute atomic E-state index is 0.0167. The van der Waals surface area contributed by atoms with Crippen molar-refractivity contribution in [2.45, 2.75) is 30.7 Å². The molecule has 0 radical (unpaired) electrons. The van der Waals surface area contributed by atoms with Crippen molar-refractivity contribution in [3.63, 3.8) is 0 Å². The van der Waals surface area contributed by atoms with E-state index in [0.717, 1.165) is 10.1 Å². The van der Waals surface area contributed by atoms with Crippen LogP contribution in [0.15, 0.2) is 29.6 Å². The number of carboxylic acids is 1. The molecule has 1 aliphatic rings. The highest BCUT2D eigenvalue weighted by molar-refractivity contribution is 7.17. The van der Waals surface area contributed by atoms with Crippen molar-refractivity contribution in [2.24, 2.45) is 5.92 Å². The van der Waals surface area contributed by atoms with Crippen LogP contribution in [0.5, 0.6) is 0 Å². The Labute approximate surface area is 135 Å². The number of aliphatic hydroxyl groups is 3. The Balaban J connectivity index is 1.96. The second-order valence-electron chi connectivity index (χ2n) is 5.90. The van der Waals surface area contributed by atoms with E-state index in [0.29, 0.717) is 5.56 Å². The molecule has 1 fully saturated rings. The maximum absolute atomic E-state index is 12.2. The van der Waals surface area contributed by atoms with E-state index in [1.807, 2.05) is 23.6 Å². The summed E-state index contributed by atoms with van der Waals surface area (Å²) in [6.45, 7) is 0. The topological polar surface area (TPSA) is 115 Å². The Morgan fingerprint density at radius 2 is 2.04 bits per heavy atom. The van der Waals surface area contributed by atoms with Crippen molar-refractivity contribution in [1.29, 1.82) is 0 Å². The second kappa shape index (κ2) is 5.68. The van der Waals surface area contributed by atoms with Gasteiger partial charge in [-0.25, -0.2) is 4.79 Å². The van der Waals surface area contributed by atoms with Gasteiger partial charge >= 0.3 is 5.97 Å². The Bertz CT molecular complexity index is 769. The van der Waals surface area contributed by atoms with Crippen LogP contribution in [0.1, 0.15) is 12.0 Å². The van der Waals surface area contributed by atoms with Crippen LogP contribution < -0.4 is 0 Å². The summed E-state index contributed by atoms with van der Waals surface area (Å²) in [7, 11) is 0. The second-order valence-corrected chi connectivity index (χ2v) is 6.85. The molecule has 7 heteroatoms. The number of benzene rings is 1. The van der Waals surface area contributed by atoms with Gasteiger partial charge in [-0.1, -0.05) is 12.1 Å². The molecule has 0 aliphatic heterocycles. The van der Waals surface area contributed by atoms with E-state index in [4.69, 9.17) is 0 Å². The Hall–Kier alpha value is -1.80. The molecule has 4 atom stereocenters. The minimum Gasteiger partial charge on any atom is -0.479 e. The van der Waals surface area contributed by atoms with Crippen LogP contribution in [0.2, 0.25) is 0 Å². The number of rotatable bonds is 3. The Morgan fingerprint density at radius 3 is 2.74 bits per heavy atom. The summed E-state index contributed by atoms with van der Waals surface area (Å²) >= 11 is 1.56. The maximum atomic E-state index is 12.2. The summed E-state index contributed by atoms with van der Waals surface area (Å²) in [5.74, 6) is -3.73. The number of aliphatic hydroxyl groups excluding tert-OH is 2. The third-order valence-corrected chi connectivity index (χ3v) is 5.32. The predicted octanol–water partition coefficient (Wildman–Crippen LogP) is 0.570. The number of hydrogen-bond acceptors (Lipinski definition) is 6. The van der Waals surface area contributed by atoms with Crippen LogP contribution in [0.3, 0.4) is 0 Å². The molecular weight excluding hydrogens is 320 g/mol. The molecular formula is C16H16O6S. The van der Waals surface area contributed by atoms with Gasteiger partial charge in [0.2, 0.25) is 0 Å². The van der Waals surface area contributed by atoms with E-state index in [2.05, 4.69) is 0 Å². The van der Waals surface area contributed by atoms with E-state index in [9.17, 15) is 30.0 Å². The molecule has 1 saturated carbocycles. The molecule has 0 spiro atoms. The van der Waals surface area contributed by atoms with Crippen LogP contribution >= 0.6 is 11.3 Å². The van der Waals surface area contributed by atoms with E-state index in [1.165, 1.54) is 0 Å². The number of ketones is 1. The molecule has 122 valence electrons. The van der Waals surface area contributed by atoms with Crippen molar-refractivity contribution >= 4 is 33.2 Å². The lowest BCUT2D eigenvalue weighted by molar-refractivity contribution is -0.187. The van der Waals surface area contributed by atoms with Crippen molar-refractivity contribution in [3.05, 3.63) is 35.2 Å². The predicted molar refractivity (Wildman–Crippen MR) is 83.2 cm³/mol. The summed E-state index contributed by atoms with van der Waals surface area (Å²) in [6.07, 6.45) is -3.86. The minimum atomic E-state index is -2.39. The number of carboxylic acid groups (broad SMARTS) is 1. The summed E-state index contributed by atoms with van der Waals surface area (Å²) in [6, 6.07) is 7.38. The first-order valence-corrected chi connectivity index (χ1v) is 8.02. The lowest BCUT2D eigenvalue weighted by Crippen LogP contribution is -2.61. The molecule has 6 nitrogen and oxygen atoms in total. The fourth-order valence-corrected chi connectivity index (χ4v) is 3.86. The first-order chi connectivity index (χ1) is 10.8. The monoisotopic (exact) mass is 336 g/mol. The van der Waals surface area contributed by atoms with Crippen molar-refractivity contribution in [3.8, 4) is 0 Å². The highest BCUT2D eigenvalue weighted by Gasteiger charge is 2.55. The third-order valence-electron chi connectivity index (χ3n) is 4.42. The van der Waals surface area contributed by atoms with Crippen LogP contribution in [0.4, 0.5) is 0 Å². The van der Waals surface area contributed by atoms with Crippen LogP contribution in [-0.4, -0.2) is 50.0 Å². The van der Waals surface area contributed by atoms with Crippen molar-refractivity contribution in [2.75, 3.05) is 0 Å². The zero-order chi connectivity index (χ0) is 16.8. The standard InChI is InChI=1S/C16H16O6S/c17-11-7-16(22,15(20)21)10(13(18)14(11)19)6-8-1-2-12-9(5-8)3-4-23-12/h1-5,10-11,14,17,19,22H,6-7H2,(H,20,21)/t10-,11+,14-,16+/m0/s1. The Morgan fingerprint density at radius 1 is 1.30 bits per heavy atom. The molecule has 1 heterocycles. The molecule has 0 unspecified atom stereocenters. The average molecular weight is 336 g/mol. The molecule has 23 heavy (non-hydrogen) atoms. The zero-order valence-corrected chi connectivity index (χ0v) is 12.9. The number of aliphatic carboxylic acids is 1. The van der Waals surface area contributed by atoms with Gasteiger partial charge in [0.15, 0.2) is 11.4 Å². The fraction of sp³-hybridized carbons (Fsp3) is 0.375. The quantitative estimate of drug-likeness (QED) is 0.651. The number of carbonyl (C=O) groups is 2. The van der Waals surface area contributed by atoms with E-state index in [1.54, 1.807) is 17.4 Å². The molecule has 1 aromatic heterocycles. The van der Waals surface area contributed by atoms with E-state index >= 15 is 0 Å². The number of carbonyl (C=O) groups excluding carboxylic acids is 1.